The van der Waals surface area contributed by atoms with Crippen LogP contribution in [0.2, 0.25) is 0 Å². The number of para-hydroxylation sites is 1. The molecule has 3 rings (SSSR count). The Balaban J connectivity index is 1.64. The molecule has 23 heavy (non-hydrogen) atoms. The van der Waals surface area contributed by atoms with Crippen LogP contribution < -0.4 is 11.1 Å². The molecule has 0 bridgehead atoms. The number of aliphatic hydroxyl groups is 1. The van der Waals surface area contributed by atoms with Crippen LogP contribution in [-0.4, -0.2) is 32.7 Å². The summed E-state index contributed by atoms with van der Waals surface area (Å²) in [7, 11) is 0. The normalized spacial score (nSPS) is 24.3. The topological polar surface area (TPSA) is 93.2 Å². The van der Waals surface area contributed by atoms with Crippen LogP contribution in [0.4, 0.5) is 0 Å². The number of benzene rings is 1. The van der Waals surface area contributed by atoms with Gasteiger partial charge in [-0.2, -0.15) is 0 Å². The molecule has 1 heterocycles. The molecule has 1 amide bonds. The summed E-state index contributed by atoms with van der Waals surface area (Å²) in [6.07, 6.45) is 6.60. The van der Waals surface area contributed by atoms with E-state index >= 15 is 0 Å². The Labute approximate surface area is 135 Å². The van der Waals surface area contributed by atoms with E-state index in [1.165, 1.54) is 0 Å². The van der Waals surface area contributed by atoms with Gasteiger partial charge in [-0.15, -0.1) is 0 Å². The van der Waals surface area contributed by atoms with E-state index in [0.29, 0.717) is 19.4 Å². The fraction of sp³-hybridized carbons (Fsp3) is 0.412. The van der Waals surface area contributed by atoms with Crippen LogP contribution >= 0.6 is 0 Å². The van der Waals surface area contributed by atoms with Crippen molar-refractivity contribution in [2.75, 3.05) is 0 Å². The second-order valence-corrected chi connectivity index (χ2v) is 6.06. The molecule has 1 saturated carbocycles. The number of amides is 1. The summed E-state index contributed by atoms with van der Waals surface area (Å²) in [5.41, 5.74) is 7.81. The molecule has 2 aromatic rings. The van der Waals surface area contributed by atoms with E-state index in [1.54, 1.807) is 12.5 Å². The smallest absolute Gasteiger partial charge is 0.223 e. The third kappa shape index (κ3) is 3.60. The van der Waals surface area contributed by atoms with Crippen LogP contribution in [0.1, 0.15) is 24.8 Å². The zero-order chi connectivity index (χ0) is 16.2. The summed E-state index contributed by atoms with van der Waals surface area (Å²) in [6, 6.07) is 7.68. The number of carbonyl (C=O) groups excluding carboxylic acids is 1. The highest BCUT2D eigenvalue weighted by atomic mass is 16.3. The minimum absolute atomic E-state index is 0.0172. The maximum Gasteiger partial charge on any atom is 0.223 e. The Kier molecular flexibility index (Phi) is 4.73. The summed E-state index contributed by atoms with van der Waals surface area (Å²) in [4.78, 5) is 16.4. The number of imidazole rings is 1. The van der Waals surface area contributed by atoms with Crippen molar-refractivity contribution in [1.82, 2.24) is 14.9 Å². The van der Waals surface area contributed by atoms with Gasteiger partial charge in [-0.05, 0) is 30.9 Å². The van der Waals surface area contributed by atoms with E-state index in [0.717, 1.165) is 17.7 Å². The number of carbonyl (C=O) groups is 1. The van der Waals surface area contributed by atoms with Crippen molar-refractivity contribution < 1.29 is 9.90 Å². The molecule has 1 aromatic carbocycles. The van der Waals surface area contributed by atoms with Gasteiger partial charge in [0.15, 0.2) is 0 Å². The quantitative estimate of drug-likeness (QED) is 0.784. The van der Waals surface area contributed by atoms with Gasteiger partial charge in [0, 0.05) is 30.9 Å². The lowest BCUT2D eigenvalue weighted by molar-refractivity contribution is -0.127. The minimum Gasteiger partial charge on any atom is -0.391 e. The fourth-order valence-corrected chi connectivity index (χ4v) is 3.05. The summed E-state index contributed by atoms with van der Waals surface area (Å²) in [5.74, 6) is -0.179. The molecule has 0 radical (unpaired) electrons. The predicted octanol–water partition coefficient (Wildman–Crippen LogP) is 0.977. The SMILES string of the molecule is N[C@H]1CC[C@H](C(=O)NCc2ccccc2-n2ccnc2)C[C@@H]1O. The molecule has 1 aliphatic rings. The summed E-state index contributed by atoms with van der Waals surface area (Å²) >= 11 is 0. The Morgan fingerprint density at radius 1 is 1.39 bits per heavy atom. The number of nitrogens with two attached hydrogens (primary N) is 1. The number of nitrogens with one attached hydrogen (secondary N) is 1. The molecule has 0 aliphatic heterocycles. The van der Waals surface area contributed by atoms with Gasteiger partial charge in [0.05, 0.1) is 18.1 Å². The number of hydrogen-bond donors (Lipinski definition) is 3. The van der Waals surface area contributed by atoms with Crippen LogP contribution in [0.15, 0.2) is 43.0 Å². The van der Waals surface area contributed by atoms with Crippen LogP contribution in [0.5, 0.6) is 0 Å². The zero-order valence-corrected chi connectivity index (χ0v) is 12.9. The third-order valence-corrected chi connectivity index (χ3v) is 4.47. The van der Waals surface area contributed by atoms with Gasteiger partial charge in [0.1, 0.15) is 0 Å². The third-order valence-electron chi connectivity index (χ3n) is 4.47. The van der Waals surface area contributed by atoms with E-state index in [9.17, 15) is 9.90 Å². The van der Waals surface area contributed by atoms with Crippen molar-refractivity contribution in [1.29, 1.82) is 0 Å². The van der Waals surface area contributed by atoms with Crippen LogP contribution in [0.3, 0.4) is 0 Å². The molecule has 0 unspecified atom stereocenters. The summed E-state index contributed by atoms with van der Waals surface area (Å²) in [6.45, 7) is 0.450. The second-order valence-electron chi connectivity index (χ2n) is 6.06. The van der Waals surface area contributed by atoms with Gasteiger partial charge < -0.3 is 20.7 Å². The maximum atomic E-state index is 12.3. The monoisotopic (exact) mass is 314 g/mol. The molecule has 0 spiro atoms. The van der Waals surface area contributed by atoms with Crippen molar-refractivity contribution in [2.45, 2.75) is 38.0 Å². The maximum absolute atomic E-state index is 12.3. The average Bonchev–Trinajstić information content (AvgIpc) is 3.10. The average molecular weight is 314 g/mol. The van der Waals surface area contributed by atoms with Crippen molar-refractivity contribution >= 4 is 5.91 Å². The number of hydrogen-bond acceptors (Lipinski definition) is 4. The molecule has 1 aromatic heterocycles. The molecule has 1 fully saturated rings. The van der Waals surface area contributed by atoms with Gasteiger partial charge in [0.2, 0.25) is 5.91 Å². The number of nitrogens with zero attached hydrogens (tertiary/aromatic N) is 2. The molecule has 1 aliphatic carbocycles. The van der Waals surface area contributed by atoms with E-state index in [2.05, 4.69) is 10.3 Å². The summed E-state index contributed by atoms with van der Waals surface area (Å²) in [5, 5.41) is 12.8. The highest BCUT2D eigenvalue weighted by Crippen LogP contribution is 2.24. The highest BCUT2D eigenvalue weighted by molar-refractivity contribution is 5.78. The van der Waals surface area contributed by atoms with Crippen molar-refractivity contribution in [2.24, 2.45) is 11.7 Å². The van der Waals surface area contributed by atoms with Gasteiger partial charge >= 0.3 is 0 Å². The molecular formula is C17H22N4O2. The highest BCUT2D eigenvalue weighted by Gasteiger charge is 2.30. The predicted molar refractivity (Wildman–Crippen MR) is 86.7 cm³/mol. The molecular weight excluding hydrogens is 292 g/mol. The van der Waals surface area contributed by atoms with Crippen molar-refractivity contribution in [3.05, 3.63) is 48.5 Å². The largest absolute Gasteiger partial charge is 0.391 e. The summed E-state index contributed by atoms with van der Waals surface area (Å²) < 4.78 is 1.92. The number of aromatic nitrogens is 2. The molecule has 0 saturated heterocycles. The van der Waals surface area contributed by atoms with Crippen LogP contribution in [-0.2, 0) is 11.3 Å². The Morgan fingerprint density at radius 2 is 2.22 bits per heavy atom. The van der Waals surface area contributed by atoms with Crippen LogP contribution in [0, 0.1) is 5.92 Å². The van der Waals surface area contributed by atoms with Gasteiger partial charge in [-0.1, -0.05) is 18.2 Å². The lowest BCUT2D eigenvalue weighted by Gasteiger charge is -2.30. The Morgan fingerprint density at radius 3 is 2.96 bits per heavy atom. The van der Waals surface area contributed by atoms with Crippen molar-refractivity contribution in [3.8, 4) is 5.69 Å². The fourth-order valence-electron chi connectivity index (χ4n) is 3.05. The number of aliphatic hydroxyl groups excluding tert-OH is 1. The zero-order valence-electron chi connectivity index (χ0n) is 12.9. The number of rotatable bonds is 4. The standard InChI is InChI=1S/C17H22N4O2/c18-14-6-5-12(9-16(14)22)17(23)20-10-13-3-1-2-4-15(13)21-8-7-19-11-21/h1-4,7-8,11-12,14,16,22H,5-6,9-10,18H2,(H,20,23)/t12-,14-,16-/m0/s1. The van der Waals surface area contributed by atoms with E-state index < -0.39 is 6.10 Å². The Bertz CT molecular complexity index is 656. The first kappa shape index (κ1) is 15.7. The van der Waals surface area contributed by atoms with Crippen molar-refractivity contribution in [3.63, 3.8) is 0 Å². The molecule has 6 heteroatoms. The lowest BCUT2D eigenvalue weighted by atomic mass is 9.84. The first-order valence-corrected chi connectivity index (χ1v) is 7.92. The molecule has 122 valence electrons. The van der Waals surface area contributed by atoms with E-state index in [-0.39, 0.29) is 17.9 Å². The lowest BCUT2D eigenvalue weighted by Crippen LogP contribution is -2.44. The first-order chi connectivity index (χ1) is 11.1. The van der Waals surface area contributed by atoms with Crippen LogP contribution in [0.25, 0.3) is 5.69 Å². The van der Waals surface area contributed by atoms with Gasteiger partial charge in [-0.3, -0.25) is 4.79 Å². The van der Waals surface area contributed by atoms with E-state index in [1.807, 2.05) is 35.0 Å². The van der Waals surface area contributed by atoms with Gasteiger partial charge in [-0.25, -0.2) is 4.98 Å². The Hall–Kier alpha value is -2.18. The molecule has 4 N–H and O–H groups in total. The van der Waals surface area contributed by atoms with Gasteiger partial charge in [0.25, 0.3) is 0 Å². The minimum atomic E-state index is -0.585. The molecule has 6 nitrogen and oxygen atoms in total. The first-order valence-electron chi connectivity index (χ1n) is 7.92. The van der Waals surface area contributed by atoms with E-state index in [4.69, 9.17) is 5.73 Å². The molecule has 3 atom stereocenters. The second kappa shape index (κ2) is 6.93.